The molecule has 2 aromatic rings. The smallest absolute Gasteiger partial charge is 0.245 e. The summed E-state index contributed by atoms with van der Waals surface area (Å²) >= 11 is 0. The first-order chi connectivity index (χ1) is 16.1. The van der Waals surface area contributed by atoms with E-state index in [1.54, 1.807) is 16.8 Å². The van der Waals surface area contributed by atoms with Crippen LogP contribution in [0, 0.1) is 5.41 Å². The number of fused-ring (bicyclic) bond motifs is 1. The number of likely N-dealkylation sites (tertiary alicyclic amines) is 1. The Balaban J connectivity index is 1.81. The van der Waals surface area contributed by atoms with Gasteiger partial charge in [0.25, 0.3) is 0 Å². The van der Waals surface area contributed by atoms with Gasteiger partial charge in [0, 0.05) is 38.5 Å². The number of likely N-dealkylation sites (N-methyl/N-ethyl adjacent to an activating group) is 2. The van der Waals surface area contributed by atoms with Crippen LogP contribution in [0.25, 0.3) is 10.8 Å². The Hall–Kier alpha value is -2.93. The van der Waals surface area contributed by atoms with Crippen molar-refractivity contribution in [2.45, 2.75) is 52.1 Å². The van der Waals surface area contributed by atoms with Crippen LogP contribution < -0.4 is 10.6 Å². The van der Waals surface area contributed by atoms with Crippen LogP contribution in [-0.2, 0) is 20.8 Å². The molecule has 3 rings (SSSR count). The van der Waals surface area contributed by atoms with Gasteiger partial charge in [-0.05, 0) is 36.2 Å². The van der Waals surface area contributed by atoms with E-state index in [1.165, 1.54) is 0 Å². The van der Waals surface area contributed by atoms with E-state index in [9.17, 15) is 14.4 Å². The summed E-state index contributed by atoms with van der Waals surface area (Å²) in [7, 11) is 3.60. The number of carbonyl (C=O) groups is 3. The van der Waals surface area contributed by atoms with Gasteiger partial charge in [-0.25, -0.2) is 0 Å². The van der Waals surface area contributed by atoms with E-state index in [1.807, 2.05) is 58.2 Å². The highest BCUT2D eigenvalue weighted by Crippen LogP contribution is 2.26. The third-order valence-electron chi connectivity index (χ3n) is 6.40. The molecule has 184 valence electrons. The molecule has 0 radical (unpaired) electrons. The van der Waals surface area contributed by atoms with E-state index in [4.69, 9.17) is 0 Å². The fraction of sp³-hybridized carbons (Fsp3) is 0.519. The van der Waals surface area contributed by atoms with Crippen LogP contribution in [0.2, 0.25) is 0 Å². The minimum atomic E-state index is -0.706. The summed E-state index contributed by atoms with van der Waals surface area (Å²) < 4.78 is 0. The first kappa shape index (κ1) is 25.7. The second-order valence-electron chi connectivity index (χ2n) is 10.2. The maximum atomic E-state index is 13.4. The largest absolute Gasteiger partial charge is 0.343 e. The predicted molar refractivity (Wildman–Crippen MR) is 135 cm³/mol. The van der Waals surface area contributed by atoms with Crippen molar-refractivity contribution in [1.29, 1.82) is 0 Å². The highest BCUT2D eigenvalue weighted by Gasteiger charge is 2.39. The molecule has 7 heteroatoms. The summed E-state index contributed by atoms with van der Waals surface area (Å²) in [5.41, 5.74) is 0.421. The van der Waals surface area contributed by atoms with Gasteiger partial charge in [-0.2, -0.15) is 0 Å². The van der Waals surface area contributed by atoms with Crippen molar-refractivity contribution in [2.75, 3.05) is 33.7 Å². The molecule has 2 atom stereocenters. The van der Waals surface area contributed by atoms with E-state index in [0.29, 0.717) is 32.5 Å². The zero-order valence-corrected chi connectivity index (χ0v) is 21.1. The van der Waals surface area contributed by atoms with Gasteiger partial charge in [-0.1, -0.05) is 63.2 Å². The zero-order valence-electron chi connectivity index (χ0n) is 21.1. The van der Waals surface area contributed by atoms with Gasteiger partial charge in [0.2, 0.25) is 17.7 Å². The highest BCUT2D eigenvalue weighted by molar-refractivity contribution is 5.93. The van der Waals surface area contributed by atoms with E-state index >= 15 is 0 Å². The van der Waals surface area contributed by atoms with E-state index in [2.05, 4.69) is 22.8 Å². The molecule has 2 aromatic carbocycles. The summed E-state index contributed by atoms with van der Waals surface area (Å²) in [5.74, 6) is -0.423. The molecular formula is C27H38N4O3. The van der Waals surface area contributed by atoms with Crippen molar-refractivity contribution in [2.24, 2.45) is 5.41 Å². The minimum absolute atomic E-state index is 0.0336. The van der Waals surface area contributed by atoms with Crippen LogP contribution in [0.4, 0.5) is 0 Å². The Kier molecular flexibility index (Phi) is 8.31. The first-order valence-corrected chi connectivity index (χ1v) is 12.1. The zero-order chi connectivity index (χ0) is 24.9. The number of hydrogen-bond acceptors (Lipinski definition) is 4. The van der Waals surface area contributed by atoms with Crippen LogP contribution in [0.5, 0.6) is 0 Å². The number of amides is 3. The predicted octanol–water partition coefficient (Wildman–Crippen LogP) is 2.58. The van der Waals surface area contributed by atoms with E-state index in [-0.39, 0.29) is 17.7 Å². The van der Waals surface area contributed by atoms with Crippen LogP contribution in [0.3, 0.4) is 0 Å². The number of nitrogens with one attached hydrogen (secondary N) is 2. The molecule has 2 unspecified atom stereocenters. The van der Waals surface area contributed by atoms with Crippen molar-refractivity contribution in [3.63, 3.8) is 0 Å². The van der Waals surface area contributed by atoms with Crippen molar-refractivity contribution >= 4 is 28.5 Å². The molecule has 0 aromatic heterocycles. The van der Waals surface area contributed by atoms with Crippen LogP contribution >= 0.6 is 0 Å². The number of rotatable bonds is 8. The molecule has 1 heterocycles. The van der Waals surface area contributed by atoms with Crippen molar-refractivity contribution in [3.05, 3.63) is 48.0 Å². The lowest BCUT2D eigenvalue weighted by atomic mass is 9.94. The molecule has 0 spiro atoms. The van der Waals surface area contributed by atoms with Gasteiger partial charge < -0.3 is 20.4 Å². The highest BCUT2D eigenvalue weighted by atomic mass is 16.2. The van der Waals surface area contributed by atoms with Crippen LogP contribution in [-0.4, -0.2) is 73.3 Å². The van der Waals surface area contributed by atoms with Gasteiger partial charge >= 0.3 is 0 Å². The van der Waals surface area contributed by atoms with Crippen molar-refractivity contribution in [1.82, 2.24) is 20.4 Å². The SMILES string of the molecule is CNCCN(C)C(=O)C(Cc1ccc2ccccc2c1)NC(=O)C1CCCN1C(=O)C(C)(C)C. The summed E-state index contributed by atoms with van der Waals surface area (Å²) in [6.45, 7) is 7.37. The number of nitrogens with zero attached hydrogens (tertiary/aromatic N) is 2. The molecule has 1 fully saturated rings. The van der Waals surface area contributed by atoms with Gasteiger partial charge in [0.15, 0.2) is 0 Å². The Bertz CT molecular complexity index is 1030. The lowest BCUT2D eigenvalue weighted by Gasteiger charge is -2.32. The Morgan fingerprint density at radius 1 is 1.12 bits per heavy atom. The minimum Gasteiger partial charge on any atom is -0.343 e. The monoisotopic (exact) mass is 466 g/mol. The summed E-state index contributed by atoms with van der Waals surface area (Å²) in [4.78, 5) is 42.9. The molecule has 2 N–H and O–H groups in total. The van der Waals surface area contributed by atoms with Gasteiger partial charge in [0.05, 0.1) is 0 Å². The second-order valence-corrected chi connectivity index (χ2v) is 10.2. The van der Waals surface area contributed by atoms with Crippen LogP contribution in [0.15, 0.2) is 42.5 Å². The third-order valence-corrected chi connectivity index (χ3v) is 6.40. The average molecular weight is 467 g/mol. The molecule has 1 saturated heterocycles. The maximum Gasteiger partial charge on any atom is 0.245 e. The quantitative estimate of drug-likeness (QED) is 0.627. The molecule has 0 bridgehead atoms. The topological polar surface area (TPSA) is 81.8 Å². The molecule has 0 aliphatic carbocycles. The number of carbonyl (C=O) groups excluding carboxylic acids is 3. The summed E-state index contributed by atoms with van der Waals surface area (Å²) in [6.07, 6.45) is 1.78. The molecular weight excluding hydrogens is 428 g/mol. The van der Waals surface area contributed by atoms with Crippen LogP contribution in [0.1, 0.15) is 39.2 Å². The average Bonchev–Trinajstić information content (AvgIpc) is 3.30. The molecule has 3 amide bonds. The number of hydrogen-bond donors (Lipinski definition) is 2. The standard InChI is InChI=1S/C27H38N4O3/c1-27(2,3)26(34)31-15-8-11-23(31)24(32)29-22(25(33)30(5)16-14-28-4)18-19-12-13-20-9-6-7-10-21(20)17-19/h6-7,9-10,12-13,17,22-23,28H,8,11,14-16,18H2,1-5H3,(H,29,32). The molecule has 7 nitrogen and oxygen atoms in total. The Labute approximate surface area is 202 Å². The lowest BCUT2D eigenvalue weighted by molar-refractivity contribution is -0.145. The lowest BCUT2D eigenvalue weighted by Crippen LogP contribution is -2.55. The first-order valence-electron chi connectivity index (χ1n) is 12.1. The van der Waals surface area contributed by atoms with E-state index < -0.39 is 17.5 Å². The van der Waals surface area contributed by atoms with Crippen molar-refractivity contribution < 1.29 is 14.4 Å². The van der Waals surface area contributed by atoms with Gasteiger partial charge in [-0.15, -0.1) is 0 Å². The maximum absolute atomic E-state index is 13.4. The van der Waals surface area contributed by atoms with Crippen molar-refractivity contribution in [3.8, 4) is 0 Å². The molecule has 1 aliphatic rings. The molecule has 34 heavy (non-hydrogen) atoms. The van der Waals surface area contributed by atoms with E-state index in [0.717, 1.165) is 22.8 Å². The second kappa shape index (κ2) is 11.0. The van der Waals surface area contributed by atoms with Gasteiger partial charge in [0.1, 0.15) is 12.1 Å². The Morgan fingerprint density at radius 3 is 2.50 bits per heavy atom. The fourth-order valence-corrected chi connectivity index (χ4v) is 4.44. The third kappa shape index (κ3) is 6.14. The Morgan fingerprint density at radius 2 is 1.82 bits per heavy atom. The van der Waals surface area contributed by atoms with Gasteiger partial charge in [-0.3, -0.25) is 14.4 Å². The molecule has 0 saturated carbocycles. The normalized spacial score (nSPS) is 17.0. The molecule has 1 aliphatic heterocycles. The fourth-order valence-electron chi connectivity index (χ4n) is 4.44. The summed E-state index contributed by atoms with van der Waals surface area (Å²) in [6, 6.07) is 13.0. The summed E-state index contributed by atoms with van der Waals surface area (Å²) in [5, 5.41) is 8.29. The number of benzene rings is 2.